The van der Waals surface area contributed by atoms with Crippen molar-refractivity contribution >= 4 is 11.8 Å². The average Bonchev–Trinajstić information content (AvgIpc) is 3.04. The number of carbonyl (C=O) groups is 2. The number of ketones is 1. The van der Waals surface area contributed by atoms with E-state index in [-0.39, 0.29) is 17.7 Å². The Labute approximate surface area is 109 Å². The molecule has 2 unspecified atom stereocenters. The Morgan fingerprint density at radius 3 is 2.56 bits per heavy atom. The van der Waals surface area contributed by atoms with Gasteiger partial charge < -0.3 is 4.74 Å². The van der Waals surface area contributed by atoms with Crippen LogP contribution in [0.4, 0.5) is 0 Å². The normalized spacial score (nSPS) is 25.2. The first kappa shape index (κ1) is 14.7. The lowest BCUT2D eigenvalue weighted by Crippen LogP contribution is -2.29. The minimum Gasteiger partial charge on any atom is -0.465 e. The molecule has 0 amide bonds. The van der Waals surface area contributed by atoms with Crippen LogP contribution in [0, 0.1) is 11.3 Å². The summed E-state index contributed by atoms with van der Waals surface area (Å²) in [5.74, 6) is -0.434. The topological polar surface area (TPSA) is 43.4 Å². The third kappa shape index (κ3) is 2.89. The second-order valence-electron chi connectivity index (χ2n) is 4.98. The van der Waals surface area contributed by atoms with E-state index in [1.165, 1.54) is 5.57 Å². The maximum atomic E-state index is 12.2. The number of Topliss-reactive ketones (excluding diaryl/α,β-unsaturated/α-hetero) is 1. The van der Waals surface area contributed by atoms with Gasteiger partial charge in [-0.3, -0.25) is 9.59 Å². The summed E-state index contributed by atoms with van der Waals surface area (Å²) in [6, 6.07) is 0. The van der Waals surface area contributed by atoms with E-state index in [9.17, 15) is 9.59 Å². The van der Waals surface area contributed by atoms with Crippen LogP contribution in [0.2, 0.25) is 0 Å². The van der Waals surface area contributed by atoms with Crippen molar-refractivity contribution in [2.24, 2.45) is 11.3 Å². The summed E-state index contributed by atoms with van der Waals surface area (Å²) in [5.41, 5.74) is 0.261. The van der Waals surface area contributed by atoms with Crippen molar-refractivity contribution in [1.82, 2.24) is 0 Å². The highest BCUT2D eigenvalue weighted by Crippen LogP contribution is 2.55. The molecule has 0 bridgehead atoms. The number of rotatable bonds is 7. The Hall–Kier alpha value is -1.38. The van der Waals surface area contributed by atoms with Gasteiger partial charge in [-0.2, -0.15) is 0 Å². The zero-order valence-corrected chi connectivity index (χ0v) is 11.5. The maximum absolute atomic E-state index is 12.2. The molecular formula is C15H22O3. The lowest BCUT2D eigenvalue weighted by Gasteiger charge is -2.13. The zero-order valence-electron chi connectivity index (χ0n) is 11.5. The van der Waals surface area contributed by atoms with Crippen LogP contribution in [-0.4, -0.2) is 18.4 Å². The molecule has 0 saturated heterocycles. The van der Waals surface area contributed by atoms with Crippen molar-refractivity contribution in [2.75, 3.05) is 6.61 Å². The summed E-state index contributed by atoms with van der Waals surface area (Å²) in [5, 5.41) is 0. The molecule has 0 heterocycles. The summed E-state index contributed by atoms with van der Waals surface area (Å²) in [6.45, 7) is 9.74. The molecule has 1 aliphatic rings. The van der Waals surface area contributed by atoms with Gasteiger partial charge >= 0.3 is 5.97 Å². The van der Waals surface area contributed by atoms with Gasteiger partial charge in [-0.05, 0) is 33.6 Å². The van der Waals surface area contributed by atoms with Crippen LogP contribution in [0.1, 0.15) is 40.0 Å². The predicted molar refractivity (Wildman–Crippen MR) is 71.0 cm³/mol. The van der Waals surface area contributed by atoms with Crippen molar-refractivity contribution in [3.63, 3.8) is 0 Å². The molecule has 0 aromatic carbocycles. The maximum Gasteiger partial charge on any atom is 0.320 e. The monoisotopic (exact) mass is 250 g/mol. The highest BCUT2D eigenvalue weighted by molar-refractivity contribution is 6.07. The number of esters is 1. The van der Waals surface area contributed by atoms with E-state index in [4.69, 9.17) is 4.74 Å². The summed E-state index contributed by atoms with van der Waals surface area (Å²) in [7, 11) is 0. The molecule has 1 saturated carbocycles. The van der Waals surface area contributed by atoms with Gasteiger partial charge in [0.15, 0.2) is 5.78 Å². The number of carbonyl (C=O) groups excluding carboxylic acids is 2. The molecule has 1 rings (SSSR count). The quantitative estimate of drug-likeness (QED) is 0.396. The Bertz CT molecular complexity index is 377. The van der Waals surface area contributed by atoms with Gasteiger partial charge in [-0.15, -0.1) is 6.58 Å². The van der Waals surface area contributed by atoms with Crippen LogP contribution < -0.4 is 0 Å². The van der Waals surface area contributed by atoms with E-state index in [1.54, 1.807) is 13.0 Å². The summed E-state index contributed by atoms with van der Waals surface area (Å²) in [4.78, 5) is 24.1. The molecule has 18 heavy (non-hydrogen) atoms. The lowest BCUT2D eigenvalue weighted by atomic mass is 9.94. The van der Waals surface area contributed by atoms with Gasteiger partial charge in [0.1, 0.15) is 5.41 Å². The fourth-order valence-electron chi connectivity index (χ4n) is 2.22. The fraction of sp³-hybridized carbons (Fsp3) is 0.600. The molecule has 3 heteroatoms. The first-order chi connectivity index (χ1) is 8.48. The summed E-state index contributed by atoms with van der Waals surface area (Å²) in [6.07, 6.45) is 5.35. The van der Waals surface area contributed by atoms with Gasteiger partial charge in [-0.1, -0.05) is 17.7 Å². The highest BCUT2D eigenvalue weighted by atomic mass is 16.5. The third-order valence-electron chi connectivity index (χ3n) is 3.36. The van der Waals surface area contributed by atoms with Crippen LogP contribution in [-0.2, 0) is 14.3 Å². The largest absolute Gasteiger partial charge is 0.465 e. The van der Waals surface area contributed by atoms with Crippen LogP contribution >= 0.6 is 0 Å². The summed E-state index contributed by atoms with van der Waals surface area (Å²) >= 11 is 0. The molecule has 100 valence electrons. The van der Waals surface area contributed by atoms with Crippen molar-refractivity contribution in [2.45, 2.75) is 40.0 Å². The van der Waals surface area contributed by atoms with Crippen LogP contribution in [0.15, 0.2) is 24.3 Å². The molecule has 0 radical (unpaired) electrons. The number of ether oxygens (including phenoxy) is 1. The van der Waals surface area contributed by atoms with Gasteiger partial charge in [0.05, 0.1) is 6.61 Å². The Kier molecular flexibility index (Phi) is 4.88. The first-order valence-electron chi connectivity index (χ1n) is 6.45. The standard InChI is InChI=1S/C15H22O3/c1-5-12-10-15(12,14(17)18-6-2)13(16)9-7-8-11(3)4/h5,8,12H,1,6-7,9-10H2,2-4H3. The number of hydrogen-bond donors (Lipinski definition) is 0. The van der Waals surface area contributed by atoms with Crippen molar-refractivity contribution in [1.29, 1.82) is 0 Å². The minimum atomic E-state index is -0.923. The molecule has 0 aromatic rings. The Morgan fingerprint density at radius 2 is 2.11 bits per heavy atom. The van der Waals surface area contributed by atoms with Gasteiger partial charge in [0.2, 0.25) is 0 Å². The fourth-order valence-corrected chi connectivity index (χ4v) is 2.22. The smallest absolute Gasteiger partial charge is 0.320 e. The third-order valence-corrected chi connectivity index (χ3v) is 3.36. The number of hydrogen-bond acceptors (Lipinski definition) is 3. The van der Waals surface area contributed by atoms with Crippen LogP contribution in [0.3, 0.4) is 0 Å². The highest BCUT2D eigenvalue weighted by Gasteiger charge is 2.64. The lowest BCUT2D eigenvalue weighted by molar-refractivity contribution is -0.154. The predicted octanol–water partition coefficient (Wildman–Crippen LogP) is 3.06. The van der Waals surface area contributed by atoms with E-state index in [0.717, 1.165) is 0 Å². The second-order valence-corrected chi connectivity index (χ2v) is 4.98. The molecule has 0 aliphatic heterocycles. The molecule has 1 fully saturated rings. The Morgan fingerprint density at radius 1 is 1.44 bits per heavy atom. The molecule has 2 atom stereocenters. The molecule has 0 spiro atoms. The van der Waals surface area contributed by atoms with E-state index in [2.05, 4.69) is 6.58 Å². The minimum absolute atomic E-state index is 0.0108. The molecule has 0 N–H and O–H groups in total. The van der Waals surface area contributed by atoms with Crippen molar-refractivity contribution in [3.05, 3.63) is 24.3 Å². The van der Waals surface area contributed by atoms with E-state index in [1.807, 2.05) is 19.9 Å². The second kappa shape index (κ2) is 5.98. The Balaban J connectivity index is 2.69. The molecular weight excluding hydrogens is 228 g/mol. The molecule has 3 nitrogen and oxygen atoms in total. The SMILES string of the molecule is C=CC1CC1(C(=O)CCC=C(C)C)C(=O)OCC. The van der Waals surface area contributed by atoms with E-state index in [0.29, 0.717) is 25.9 Å². The first-order valence-corrected chi connectivity index (χ1v) is 6.45. The van der Waals surface area contributed by atoms with Gasteiger partial charge in [0.25, 0.3) is 0 Å². The average molecular weight is 250 g/mol. The van der Waals surface area contributed by atoms with Gasteiger partial charge in [-0.25, -0.2) is 0 Å². The van der Waals surface area contributed by atoms with E-state index >= 15 is 0 Å². The van der Waals surface area contributed by atoms with E-state index < -0.39 is 5.41 Å². The molecule has 0 aromatic heterocycles. The van der Waals surface area contributed by atoms with Crippen molar-refractivity contribution in [3.8, 4) is 0 Å². The molecule has 1 aliphatic carbocycles. The van der Waals surface area contributed by atoms with Gasteiger partial charge in [0, 0.05) is 12.3 Å². The van der Waals surface area contributed by atoms with Crippen LogP contribution in [0.5, 0.6) is 0 Å². The zero-order chi connectivity index (χ0) is 13.8. The number of allylic oxidation sites excluding steroid dienone is 3. The van der Waals surface area contributed by atoms with Crippen molar-refractivity contribution < 1.29 is 14.3 Å². The van der Waals surface area contributed by atoms with Crippen LogP contribution in [0.25, 0.3) is 0 Å². The summed E-state index contributed by atoms with van der Waals surface area (Å²) < 4.78 is 5.03.